The quantitative estimate of drug-likeness (QED) is 0.443. The molecule has 2 nitrogen and oxygen atoms in total. The van der Waals surface area contributed by atoms with Crippen LogP contribution < -0.4 is 0 Å². The van der Waals surface area contributed by atoms with Crippen LogP contribution in [0, 0.1) is 0 Å². The minimum absolute atomic E-state index is 0.114. The molecule has 0 aliphatic heterocycles. The van der Waals surface area contributed by atoms with Crippen LogP contribution in [0.25, 0.3) is 0 Å². The highest BCUT2D eigenvalue weighted by Crippen LogP contribution is 2.46. The van der Waals surface area contributed by atoms with E-state index in [2.05, 4.69) is 4.74 Å². The molecule has 0 aliphatic carbocycles. The van der Waals surface area contributed by atoms with Crippen molar-refractivity contribution in [2.24, 2.45) is 0 Å². The SMILES string of the molecule is C[Si](C)(O)CCCOCC(F)(F)C(F)(F)C(F)(F)F. The van der Waals surface area contributed by atoms with E-state index in [1.54, 1.807) is 13.1 Å². The molecule has 0 saturated heterocycles. The van der Waals surface area contributed by atoms with Gasteiger partial charge in [0.05, 0.1) is 0 Å². The van der Waals surface area contributed by atoms with Crippen LogP contribution >= 0.6 is 0 Å². The second kappa shape index (κ2) is 5.96. The lowest BCUT2D eigenvalue weighted by molar-refractivity contribution is -0.361. The Kier molecular flexibility index (Phi) is 5.85. The van der Waals surface area contributed by atoms with Crippen LogP contribution in [0.3, 0.4) is 0 Å². The normalized spacial score (nSPS) is 14.8. The van der Waals surface area contributed by atoms with Crippen molar-refractivity contribution in [1.82, 2.24) is 0 Å². The summed E-state index contributed by atoms with van der Waals surface area (Å²) in [6, 6.07) is 0.272. The molecule has 116 valence electrons. The van der Waals surface area contributed by atoms with Crippen LogP contribution in [0.1, 0.15) is 6.42 Å². The van der Waals surface area contributed by atoms with Crippen molar-refractivity contribution in [3.05, 3.63) is 0 Å². The van der Waals surface area contributed by atoms with Crippen molar-refractivity contribution in [3.63, 3.8) is 0 Å². The molecular formula is C9H15F7O2Si. The zero-order chi connectivity index (χ0) is 15.5. The molecule has 0 unspecified atom stereocenters. The highest BCUT2D eigenvalue weighted by atomic mass is 28.4. The van der Waals surface area contributed by atoms with Gasteiger partial charge in [0.2, 0.25) is 0 Å². The van der Waals surface area contributed by atoms with Crippen molar-refractivity contribution in [1.29, 1.82) is 0 Å². The minimum atomic E-state index is -6.33. The van der Waals surface area contributed by atoms with Crippen LogP contribution in [0.4, 0.5) is 30.7 Å². The van der Waals surface area contributed by atoms with Crippen molar-refractivity contribution in [2.75, 3.05) is 13.2 Å². The molecule has 1 N–H and O–H groups in total. The Hall–Kier alpha value is -0.353. The Bertz CT molecular complexity index is 285. The molecule has 0 aromatic carbocycles. The molecule has 0 rings (SSSR count). The number of halogens is 7. The molecule has 0 aliphatic rings. The summed E-state index contributed by atoms with van der Waals surface area (Å²) < 4.78 is 89.7. The summed E-state index contributed by atoms with van der Waals surface area (Å²) >= 11 is 0. The van der Waals surface area contributed by atoms with Gasteiger partial charge in [-0.1, -0.05) is 0 Å². The second-order valence-corrected chi connectivity index (χ2v) is 8.87. The van der Waals surface area contributed by atoms with E-state index in [9.17, 15) is 35.5 Å². The summed E-state index contributed by atoms with van der Waals surface area (Å²) in [6.45, 7) is 0.701. The Morgan fingerprint density at radius 2 is 1.47 bits per heavy atom. The van der Waals surface area contributed by atoms with Crippen molar-refractivity contribution < 1.29 is 40.3 Å². The van der Waals surface area contributed by atoms with Gasteiger partial charge >= 0.3 is 18.0 Å². The lowest BCUT2D eigenvalue weighted by atomic mass is 10.2. The highest BCUT2D eigenvalue weighted by molar-refractivity contribution is 6.69. The smallest absolute Gasteiger partial charge is 0.432 e. The minimum Gasteiger partial charge on any atom is -0.432 e. The summed E-state index contributed by atoms with van der Waals surface area (Å²) in [5.41, 5.74) is 0. The van der Waals surface area contributed by atoms with E-state index in [4.69, 9.17) is 0 Å². The molecule has 0 saturated carbocycles. The fourth-order valence-electron chi connectivity index (χ4n) is 1.11. The van der Waals surface area contributed by atoms with Gasteiger partial charge in [-0.2, -0.15) is 30.7 Å². The molecule has 0 fully saturated rings. The van der Waals surface area contributed by atoms with Crippen molar-refractivity contribution in [2.45, 2.75) is 43.6 Å². The predicted octanol–water partition coefficient (Wildman–Crippen LogP) is 3.42. The average Bonchev–Trinajstić information content (AvgIpc) is 2.12. The van der Waals surface area contributed by atoms with Crippen LogP contribution in [0.15, 0.2) is 0 Å². The number of alkyl halides is 7. The molecule has 0 aromatic rings. The summed E-state index contributed by atoms with van der Waals surface area (Å²) in [5, 5.41) is 0. The van der Waals surface area contributed by atoms with E-state index < -0.39 is 39.6 Å². The molecule has 0 bridgehead atoms. The first-order valence-electron chi connectivity index (χ1n) is 5.33. The van der Waals surface area contributed by atoms with E-state index in [-0.39, 0.29) is 12.5 Å². The number of ether oxygens (including phenoxy) is 1. The molecule has 0 aromatic heterocycles. The van der Waals surface area contributed by atoms with Gasteiger partial charge in [-0.25, -0.2) is 0 Å². The van der Waals surface area contributed by atoms with E-state index >= 15 is 0 Å². The van der Waals surface area contributed by atoms with Gasteiger partial charge in [-0.3, -0.25) is 0 Å². The fourth-order valence-corrected chi connectivity index (χ4v) is 2.11. The second-order valence-electron chi connectivity index (χ2n) is 4.75. The molecule has 19 heavy (non-hydrogen) atoms. The topological polar surface area (TPSA) is 29.5 Å². The van der Waals surface area contributed by atoms with Gasteiger partial charge in [0.25, 0.3) is 0 Å². The molecule has 0 amide bonds. The van der Waals surface area contributed by atoms with Gasteiger partial charge in [0.15, 0.2) is 8.32 Å². The van der Waals surface area contributed by atoms with Crippen LogP contribution in [0.2, 0.25) is 19.1 Å². The fraction of sp³-hybridized carbons (Fsp3) is 1.00. The van der Waals surface area contributed by atoms with E-state index in [1.807, 2.05) is 0 Å². The molecule has 0 radical (unpaired) electrons. The lowest BCUT2D eigenvalue weighted by Crippen LogP contribution is -2.54. The number of hydrogen-bond donors (Lipinski definition) is 1. The Morgan fingerprint density at radius 3 is 1.84 bits per heavy atom. The molecule has 10 heteroatoms. The Labute approximate surface area is 106 Å². The zero-order valence-electron chi connectivity index (χ0n) is 10.3. The predicted molar refractivity (Wildman–Crippen MR) is 55.9 cm³/mol. The van der Waals surface area contributed by atoms with E-state index in [0.717, 1.165) is 0 Å². The maximum atomic E-state index is 12.7. The average molecular weight is 316 g/mol. The lowest BCUT2D eigenvalue weighted by Gasteiger charge is -2.27. The molecular weight excluding hydrogens is 301 g/mol. The summed E-state index contributed by atoms with van der Waals surface area (Å²) in [5.74, 6) is -11.5. The Balaban J connectivity index is 4.26. The van der Waals surface area contributed by atoms with Crippen molar-refractivity contribution in [3.8, 4) is 0 Å². The van der Waals surface area contributed by atoms with Crippen LogP contribution in [-0.4, -0.2) is 44.3 Å². The largest absolute Gasteiger partial charge is 0.459 e. The van der Waals surface area contributed by atoms with Gasteiger partial charge in [-0.15, -0.1) is 0 Å². The first-order chi connectivity index (χ1) is 8.21. The third-order valence-corrected chi connectivity index (χ3v) is 3.75. The van der Waals surface area contributed by atoms with Gasteiger partial charge in [-0.05, 0) is 25.6 Å². The monoisotopic (exact) mass is 316 g/mol. The van der Waals surface area contributed by atoms with Gasteiger partial charge in [0.1, 0.15) is 6.61 Å². The summed E-state index contributed by atoms with van der Waals surface area (Å²) in [7, 11) is -2.42. The third-order valence-electron chi connectivity index (χ3n) is 2.18. The van der Waals surface area contributed by atoms with E-state index in [1.165, 1.54) is 0 Å². The number of hydrogen-bond acceptors (Lipinski definition) is 2. The zero-order valence-corrected chi connectivity index (χ0v) is 11.3. The standard InChI is InChI=1S/C9H15F7O2Si/c1-19(2,17)5-3-4-18-6-7(10,11)8(12,13)9(14,15)16/h17H,3-6H2,1-2H3. The van der Waals surface area contributed by atoms with Crippen LogP contribution in [-0.2, 0) is 4.74 Å². The third kappa shape index (κ3) is 5.65. The van der Waals surface area contributed by atoms with E-state index in [0.29, 0.717) is 0 Å². The Morgan fingerprint density at radius 1 is 1.00 bits per heavy atom. The highest BCUT2D eigenvalue weighted by Gasteiger charge is 2.72. The van der Waals surface area contributed by atoms with Gasteiger partial charge < -0.3 is 9.53 Å². The summed E-state index contributed by atoms with van der Waals surface area (Å²) in [6.07, 6.45) is -6.22. The summed E-state index contributed by atoms with van der Waals surface area (Å²) in [4.78, 5) is 9.38. The molecule has 0 spiro atoms. The molecule has 0 heterocycles. The van der Waals surface area contributed by atoms with Crippen molar-refractivity contribution >= 4 is 8.32 Å². The maximum absolute atomic E-state index is 12.7. The first-order valence-corrected chi connectivity index (χ1v) is 8.49. The van der Waals surface area contributed by atoms with Gasteiger partial charge in [0, 0.05) is 6.61 Å². The maximum Gasteiger partial charge on any atom is 0.459 e. The number of rotatable bonds is 7. The first kappa shape index (κ1) is 18.6. The van der Waals surface area contributed by atoms with Crippen LogP contribution in [0.5, 0.6) is 0 Å². The molecule has 0 atom stereocenters.